The number of rotatable bonds is 1. The third-order valence-electron chi connectivity index (χ3n) is 1.90. The van der Waals surface area contributed by atoms with Crippen molar-refractivity contribution >= 4 is 44.7 Å². The Morgan fingerprint density at radius 3 is 2.53 bits per heavy atom. The first-order valence-corrected chi connectivity index (χ1v) is 6.01. The molecular weight excluding hydrogens is 274 g/mol. The van der Waals surface area contributed by atoms with Gasteiger partial charge in [0, 0.05) is 4.47 Å². The van der Waals surface area contributed by atoms with Gasteiger partial charge >= 0.3 is 0 Å². The molecule has 0 atom stereocenters. The first kappa shape index (κ1) is 10.6. The van der Waals surface area contributed by atoms with E-state index < -0.39 is 0 Å². The molecule has 0 spiro atoms. The normalized spacial score (nSPS) is 18.4. The minimum Gasteiger partial charge on any atom is -0.266 e. The molecule has 1 aliphatic heterocycles. The smallest absolute Gasteiger partial charge is 0.266 e. The Bertz CT molecular complexity index is 462. The molecule has 0 saturated carbocycles. The van der Waals surface area contributed by atoms with Crippen molar-refractivity contribution in [1.29, 1.82) is 0 Å². The van der Waals surface area contributed by atoms with Crippen LogP contribution in [0.5, 0.6) is 0 Å². The highest BCUT2D eigenvalue weighted by atomic mass is 79.9. The molecule has 0 bridgehead atoms. The molecule has 0 aromatic heterocycles. The molecule has 0 fully saturated rings. The van der Waals surface area contributed by atoms with Gasteiger partial charge < -0.3 is 0 Å². The summed E-state index contributed by atoms with van der Waals surface area (Å²) in [5, 5.41) is 0.809. The SMILES string of the molecule is CC1=NC(=O)/C(=C/c2ccc(Br)cc2)S1. The van der Waals surface area contributed by atoms with Crippen molar-refractivity contribution in [3.8, 4) is 0 Å². The van der Waals surface area contributed by atoms with E-state index in [1.807, 2.05) is 37.3 Å². The Morgan fingerprint density at radius 2 is 2.00 bits per heavy atom. The average molecular weight is 282 g/mol. The highest BCUT2D eigenvalue weighted by Crippen LogP contribution is 2.28. The van der Waals surface area contributed by atoms with Gasteiger partial charge in [-0.25, -0.2) is 4.99 Å². The molecule has 0 aliphatic carbocycles. The number of halogens is 1. The molecule has 0 radical (unpaired) electrons. The van der Waals surface area contributed by atoms with E-state index in [9.17, 15) is 4.79 Å². The monoisotopic (exact) mass is 281 g/mol. The highest BCUT2D eigenvalue weighted by Gasteiger charge is 2.18. The number of aliphatic imine (C=N–C) groups is 1. The summed E-state index contributed by atoms with van der Waals surface area (Å²) in [4.78, 5) is 15.9. The molecule has 15 heavy (non-hydrogen) atoms. The van der Waals surface area contributed by atoms with Gasteiger partial charge in [0.25, 0.3) is 5.91 Å². The topological polar surface area (TPSA) is 29.4 Å². The van der Waals surface area contributed by atoms with Crippen molar-refractivity contribution in [1.82, 2.24) is 0 Å². The quantitative estimate of drug-likeness (QED) is 0.738. The van der Waals surface area contributed by atoms with Crippen LogP contribution in [0.4, 0.5) is 0 Å². The van der Waals surface area contributed by atoms with Gasteiger partial charge in [-0.1, -0.05) is 39.8 Å². The number of thioether (sulfide) groups is 1. The number of carbonyl (C=O) groups is 1. The fourth-order valence-electron chi connectivity index (χ4n) is 1.23. The van der Waals surface area contributed by atoms with E-state index in [4.69, 9.17) is 0 Å². The lowest BCUT2D eigenvalue weighted by Gasteiger charge is -1.95. The van der Waals surface area contributed by atoms with Crippen LogP contribution in [-0.4, -0.2) is 11.0 Å². The molecule has 0 unspecified atom stereocenters. The van der Waals surface area contributed by atoms with Crippen LogP contribution in [0, 0.1) is 0 Å². The average Bonchev–Trinajstić information content (AvgIpc) is 2.49. The Hall–Kier alpha value is -0.870. The fourth-order valence-corrected chi connectivity index (χ4v) is 2.26. The van der Waals surface area contributed by atoms with E-state index in [0.717, 1.165) is 15.1 Å². The van der Waals surface area contributed by atoms with Crippen molar-refractivity contribution in [3.05, 3.63) is 39.2 Å². The zero-order chi connectivity index (χ0) is 10.8. The molecule has 1 heterocycles. The lowest BCUT2D eigenvalue weighted by molar-refractivity contribution is -0.113. The molecule has 0 saturated heterocycles. The standard InChI is InChI=1S/C11H8BrNOS/c1-7-13-11(14)10(15-7)6-8-2-4-9(12)5-3-8/h2-6H,1H3/b10-6-. The molecule has 4 heteroatoms. The number of hydrogen-bond acceptors (Lipinski definition) is 2. The third-order valence-corrected chi connectivity index (χ3v) is 3.32. The summed E-state index contributed by atoms with van der Waals surface area (Å²) in [5.74, 6) is -0.139. The molecule has 2 rings (SSSR count). The summed E-state index contributed by atoms with van der Waals surface area (Å²) in [5.41, 5.74) is 1.01. The summed E-state index contributed by atoms with van der Waals surface area (Å²) < 4.78 is 1.03. The van der Waals surface area contributed by atoms with Crippen LogP contribution < -0.4 is 0 Å². The number of benzene rings is 1. The fraction of sp³-hybridized carbons (Fsp3) is 0.0909. The van der Waals surface area contributed by atoms with Gasteiger partial charge in [-0.2, -0.15) is 0 Å². The van der Waals surface area contributed by atoms with Crippen LogP contribution >= 0.6 is 27.7 Å². The van der Waals surface area contributed by atoms with Gasteiger partial charge in [0.05, 0.1) is 9.95 Å². The minimum atomic E-state index is -0.139. The molecule has 1 aromatic carbocycles. The van der Waals surface area contributed by atoms with Crippen LogP contribution in [0.3, 0.4) is 0 Å². The summed E-state index contributed by atoms with van der Waals surface area (Å²) in [6.07, 6.45) is 1.86. The lowest BCUT2D eigenvalue weighted by atomic mass is 10.2. The molecule has 76 valence electrons. The van der Waals surface area contributed by atoms with Crippen molar-refractivity contribution in [2.45, 2.75) is 6.92 Å². The summed E-state index contributed by atoms with van der Waals surface area (Å²) in [7, 11) is 0. The number of amides is 1. The first-order chi connectivity index (χ1) is 7.15. The minimum absolute atomic E-state index is 0.139. The van der Waals surface area contributed by atoms with E-state index in [1.54, 1.807) is 0 Å². The Morgan fingerprint density at radius 1 is 1.33 bits per heavy atom. The van der Waals surface area contributed by atoms with Crippen LogP contribution in [-0.2, 0) is 4.79 Å². The highest BCUT2D eigenvalue weighted by molar-refractivity contribution is 9.10. The Labute approximate surface area is 101 Å². The Kier molecular flexibility index (Phi) is 3.07. The predicted molar refractivity (Wildman–Crippen MR) is 67.8 cm³/mol. The second-order valence-electron chi connectivity index (χ2n) is 3.10. The largest absolute Gasteiger partial charge is 0.284 e. The van der Waals surface area contributed by atoms with Gasteiger partial charge in [0.15, 0.2) is 0 Å². The van der Waals surface area contributed by atoms with Crippen molar-refractivity contribution in [2.24, 2.45) is 4.99 Å². The summed E-state index contributed by atoms with van der Waals surface area (Å²) in [6.45, 7) is 1.84. The number of hydrogen-bond donors (Lipinski definition) is 0. The van der Waals surface area contributed by atoms with Crippen molar-refractivity contribution in [3.63, 3.8) is 0 Å². The molecule has 1 aliphatic rings. The molecule has 2 nitrogen and oxygen atoms in total. The van der Waals surface area contributed by atoms with Gasteiger partial charge in [-0.15, -0.1) is 0 Å². The molecule has 1 aromatic rings. The maximum atomic E-state index is 11.4. The molecule has 1 amide bonds. The second kappa shape index (κ2) is 4.33. The molecular formula is C11H8BrNOS. The summed E-state index contributed by atoms with van der Waals surface area (Å²) in [6, 6.07) is 7.81. The maximum Gasteiger partial charge on any atom is 0.284 e. The maximum absolute atomic E-state index is 11.4. The number of nitrogens with zero attached hydrogens (tertiary/aromatic N) is 1. The van der Waals surface area contributed by atoms with Crippen LogP contribution in [0.15, 0.2) is 38.6 Å². The van der Waals surface area contributed by atoms with Gasteiger partial charge in [-0.3, -0.25) is 4.79 Å². The van der Waals surface area contributed by atoms with Crippen LogP contribution in [0.2, 0.25) is 0 Å². The third kappa shape index (κ3) is 2.58. The van der Waals surface area contributed by atoms with E-state index in [-0.39, 0.29) is 5.91 Å². The van der Waals surface area contributed by atoms with E-state index in [2.05, 4.69) is 20.9 Å². The second-order valence-corrected chi connectivity index (χ2v) is 5.25. The van der Waals surface area contributed by atoms with E-state index in [1.165, 1.54) is 11.8 Å². The Balaban J connectivity index is 2.25. The van der Waals surface area contributed by atoms with E-state index >= 15 is 0 Å². The van der Waals surface area contributed by atoms with Crippen LogP contribution in [0.1, 0.15) is 12.5 Å². The van der Waals surface area contributed by atoms with E-state index in [0.29, 0.717) is 4.91 Å². The molecule has 0 N–H and O–H groups in total. The van der Waals surface area contributed by atoms with Gasteiger partial charge in [0.2, 0.25) is 0 Å². The van der Waals surface area contributed by atoms with Gasteiger partial charge in [0.1, 0.15) is 0 Å². The zero-order valence-corrected chi connectivity index (χ0v) is 10.4. The lowest BCUT2D eigenvalue weighted by Crippen LogP contribution is -1.87. The zero-order valence-electron chi connectivity index (χ0n) is 8.03. The first-order valence-electron chi connectivity index (χ1n) is 4.40. The van der Waals surface area contributed by atoms with Gasteiger partial charge in [-0.05, 0) is 30.7 Å². The van der Waals surface area contributed by atoms with Crippen molar-refractivity contribution in [2.75, 3.05) is 0 Å². The van der Waals surface area contributed by atoms with Crippen molar-refractivity contribution < 1.29 is 4.79 Å². The number of carbonyl (C=O) groups excluding carboxylic acids is 1. The predicted octanol–water partition coefficient (Wildman–Crippen LogP) is 3.48. The summed E-state index contributed by atoms with van der Waals surface area (Å²) >= 11 is 4.79. The van der Waals surface area contributed by atoms with Crippen LogP contribution in [0.25, 0.3) is 6.08 Å².